The minimum absolute atomic E-state index is 0.0626. The average Bonchev–Trinajstić information content (AvgIpc) is 2.42. The average molecular weight is 297 g/mol. The van der Waals surface area contributed by atoms with Gasteiger partial charge in [0.2, 0.25) is 10.0 Å². The summed E-state index contributed by atoms with van der Waals surface area (Å²) in [5.41, 5.74) is 3.18. The van der Waals surface area contributed by atoms with Crippen molar-refractivity contribution in [3.8, 4) is 0 Å². The molecule has 4 N–H and O–H groups in total. The molecule has 0 saturated heterocycles. The summed E-state index contributed by atoms with van der Waals surface area (Å²) in [7, 11) is -3.43. The Balaban J connectivity index is 2.04. The molecule has 5 nitrogen and oxygen atoms in total. The Bertz CT molecular complexity index is 506. The van der Waals surface area contributed by atoms with Crippen molar-refractivity contribution in [3.63, 3.8) is 0 Å². The van der Waals surface area contributed by atoms with Gasteiger partial charge < -0.3 is 5.43 Å². The van der Waals surface area contributed by atoms with Crippen molar-refractivity contribution in [1.29, 1.82) is 0 Å². The van der Waals surface area contributed by atoms with Gasteiger partial charge in [-0.1, -0.05) is 32.1 Å². The van der Waals surface area contributed by atoms with Gasteiger partial charge in [0.05, 0.1) is 4.90 Å². The normalized spacial score (nSPS) is 18.2. The second kappa shape index (κ2) is 7.06. The summed E-state index contributed by atoms with van der Waals surface area (Å²) in [6.45, 7) is 0. The van der Waals surface area contributed by atoms with E-state index >= 15 is 0 Å². The number of anilines is 1. The summed E-state index contributed by atoms with van der Waals surface area (Å²) in [5, 5.41) is 0. The molecule has 0 radical (unpaired) electrons. The number of nitrogens with one attached hydrogen (secondary N) is 2. The molecular weight excluding hydrogens is 274 g/mol. The van der Waals surface area contributed by atoms with Crippen molar-refractivity contribution in [3.05, 3.63) is 24.3 Å². The topological polar surface area (TPSA) is 84.2 Å². The molecule has 1 aliphatic rings. The van der Waals surface area contributed by atoms with E-state index in [9.17, 15) is 8.42 Å². The lowest BCUT2D eigenvalue weighted by molar-refractivity contribution is 0.426. The van der Waals surface area contributed by atoms with Crippen LogP contribution in [0, 0.1) is 0 Å². The number of hydrogen-bond acceptors (Lipinski definition) is 4. The van der Waals surface area contributed by atoms with Gasteiger partial charge in [0.15, 0.2) is 0 Å². The molecule has 112 valence electrons. The summed E-state index contributed by atoms with van der Waals surface area (Å²) >= 11 is 0. The quantitative estimate of drug-likeness (QED) is 0.588. The van der Waals surface area contributed by atoms with Crippen molar-refractivity contribution in [1.82, 2.24) is 4.72 Å². The number of benzene rings is 1. The van der Waals surface area contributed by atoms with Crippen LogP contribution >= 0.6 is 0 Å². The zero-order valence-corrected chi connectivity index (χ0v) is 12.5. The van der Waals surface area contributed by atoms with Crippen LogP contribution in [0.4, 0.5) is 5.69 Å². The van der Waals surface area contributed by atoms with Crippen molar-refractivity contribution >= 4 is 15.7 Å². The van der Waals surface area contributed by atoms with Crippen molar-refractivity contribution in [2.45, 2.75) is 55.9 Å². The van der Waals surface area contributed by atoms with E-state index in [0.29, 0.717) is 10.6 Å². The summed E-state index contributed by atoms with van der Waals surface area (Å²) < 4.78 is 27.5. The molecular formula is C14H23N3O2S. The van der Waals surface area contributed by atoms with Crippen molar-refractivity contribution in [2.75, 3.05) is 5.43 Å². The van der Waals surface area contributed by atoms with E-state index < -0.39 is 10.0 Å². The van der Waals surface area contributed by atoms with E-state index in [0.717, 1.165) is 25.7 Å². The summed E-state index contributed by atoms with van der Waals surface area (Å²) in [4.78, 5) is 0.290. The highest BCUT2D eigenvalue weighted by atomic mass is 32.2. The number of sulfonamides is 1. The SMILES string of the molecule is NNc1ccc(S(=O)(=O)NC2CCCCCCC2)cc1. The maximum Gasteiger partial charge on any atom is 0.240 e. The lowest BCUT2D eigenvalue weighted by Crippen LogP contribution is -2.35. The lowest BCUT2D eigenvalue weighted by Gasteiger charge is -2.21. The number of nitrogen functional groups attached to an aromatic ring is 1. The third kappa shape index (κ3) is 4.19. The third-order valence-electron chi connectivity index (χ3n) is 3.76. The Kier molecular flexibility index (Phi) is 5.39. The van der Waals surface area contributed by atoms with E-state index in [1.54, 1.807) is 24.3 Å². The van der Waals surface area contributed by atoms with Gasteiger partial charge in [0, 0.05) is 11.7 Å². The molecule has 20 heavy (non-hydrogen) atoms. The van der Waals surface area contributed by atoms with Crippen molar-refractivity contribution < 1.29 is 8.42 Å². The van der Waals surface area contributed by atoms with Crippen LogP contribution in [0.2, 0.25) is 0 Å². The number of hydrazine groups is 1. The number of hydrogen-bond donors (Lipinski definition) is 3. The predicted molar refractivity (Wildman–Crippen MR) is 80.7 cm³/mol. The maximum absolute atomic E-state index is 12.3. The molecule has 1 aromatic carbocycles. The Labute approximate surface area is 121 Å². The van der Waals surface area contributed by atoms with Gasteiger partial charge in [0.1, 0.15) is 0 Å². The van der Waals surface area contributed by atoms with Crippen molar-refractivity contribution in [2.24, 2.45) is 5.84 Å². The molecule has 1 saturated carbocycles. The molecule has 1 aromatic rings. The van der Waals surface area contributed by atoms with Crippen LogP contribution in [0.3, 0.4) is 0 Å². The maximum atomic E-state index is 12.3. The lowest BCUT2D eigenvalue weighted by atomic mass is 9.97. The number of nitrogens with two attached hydrogens (primary N) is 1. The first-order valence-corrected chi connectivity index (χ1v) is 8.69. The van der Waals surface area contributed by atoms with E-state index in [1.165, 1.54) is 19.3 Å². The molecule has 6 heteroatoms. The van der Waals surface area contributed by atoms with E-state index in [-0.39, 0.29) is 6.04 Å². The highest BCUT2D eigenvalue weighted by molar-refractivity contribution is 7.89. The Morgan fingerprint density at radius 1 is 0.950 bits per heavy atom. The van der Waals surface area contributed by atoms with E-state index in [1.807, 2.05) is 0 Å². The Hall–Kier alpha value is -1.11. The second-order valence-electron chi connectivity index (χ2n) is 5.33. The van der Waals surface area contributed by atoms with Gasteiger partial charge in [-0.05, 0) is 37.1 Å². The molecule has 0 aromatic heterocycles. The molecule has 0 atom stereocenters. The van der Waals surface area contributed by atoms with Crippen LogP contribution in [-0.4, -0.2) is 14.5 Å². The van der Waals surface area contributed by atoms with Crippen LogP contribution in [0.1, 0.15) is 44.9 Å². The molecule has 0 aliphatic heterocycles. The van der Waals surface area contributed by atoms with Gasteiger partial charge >= 0.3 is 0 Å². The van der Waals surface area contributed by atoms with Gasteiger partial charge in [-0.3, -0.25) is 5.84 Å². The van der Waals surface area contributed by atoms with E-state index in [4.69, 9.17) is 5.84 Å². The zero-order valence-electron chi connectivity index (χ0n) is 11.6. The van der Waals surface area contributed by atoms with Gasteiger partial charge in [0.25, 0.3) is 0 Å². The fourth-order valence-electron chi connectivity index (χ4n) is 2.59. The molecule has 1 aliphatic carbocycles. The summed E-state index contributed by atoms with van der Waals surface area (Å²) in [6, 6.07) is 6.52. The fourth-order valence-corrected chi connectivity index (χ4v) is 3.90. The first kappa shape index (κ1) is 15.3. The first-order chi connectivity index (χ1) is 9.62. The molecule has 0 unspecified atom stereocenters. The fraction of sp³-hybridized carbons (Fsp3) is 0.571. The minimum Gasteiger partial charge on any atom is -0.324 e. The Morgan fingerprint density at radius 3 is 2.05 bits per heavy atom. The van der Waals surface area contributed by atoms with Gasteiger partial charge in [-0.25, -0.2) is 13.1 Å². The van der Waals surface area contributed by atoms with Crippen LogP contribution in [0.25, 0.3) is 0 Å². The summed E-state index contributed by atoms with van der Waals surface area (Å²) in [6.07, 6.45) is 7.74. The largest absolute Gasteiger partial charge is 0.324 e. The standard InChI is InChI=1S/C14H23N3O2S/c15-16-12-8-10-14(11-9-12)20(18,19)17-13-6-4-2-1-3-5-7-13/h8-11,13,16-17H,1-7,15H2. The predicted octanol–water partition coefficient (Wildman–Crippen LogP) is 2.36. The molecule has 0 amide bonds. The van der Waals surface area contributed by atoms with Crippen LogP contribution in [0.15, 0.2) is 29.2 Å². The van der Waals surface area contributed by atoms with Crippen LogP contribution in [-0.2, 0) is 10.0 Å². The monoisotopic (exact) mass is 297 g/mol. The zero-order chi connectivity index (χ0) is 14.4. The van der Waals surface area contributed by atoms with E-state index in [2.05, 4.69) is 10.1 Å². The molecule has 0 spiro atoms. The van der Waals surface area contributed by atoms with Gasteiger partial charge in [-0.15, -0.1) is 0 Å². The smallest absolute Gasteiger partial charge is 0.240 e. The second-order valence-corrected chi connectivity index (χ2v) is 7.05. The van der Waals surface area contributed by atoms with Crippen LogP contribution < -0.4 is 16.0 Å². The Morgan fingerprint density at radius 2 is 1.50 bits per heavy atom. The highest BCUT2D eigenvalue weighted by Crippen LogP contribution is 2.20. The highest BCUT2D eigenvalue weighted by Gasteiger charge is 2.20. The molecule has 2 rings (SSSR count). The molecule has 0 bridgehead atoms. The van der Waals surface area contributed by atoms with Gasteiger partial charge in [-0.2, -0.15) is 0 Å². The summed E-state index contributed by atoms with van der Waals surface area (Å²) in [5.74, 6) is 5.28. The molecule has 1 fully saturated rings. The molecule has 0 heterocycles. The minimum atomic E-state index is -3.43. The van der Waals surface area contributed by atoms with Crippen LogP contribution in [0.5, 0.6) is 0 Å². The third-order valence-corrected chi connectivity index (χ3v) is 5.29. The first-order valence-electron chi connectivity index (χ1n) is 7.21. The number of rotatable bonds is 4.